The first-order valence-electron chi connectivity index (χ1n) is 10.5. The van der Waals surface area contributed by atoms with Crippen LogP contribution in [0.25, 0.3) is 21.3 Å². The summed E-state index contributed by atoms with van der Waals surface area (Å²) >= 11 is 1.22. The molecule has 8 nitrogen and oxygen atoms in total. The van der Waals surface area contributed by atoms with Crippen molar-refractivity contribution < 1.29 is 19.0 Å². The Balaban J connectivity index is 1.90. The highest BCUT2D eigenvalue weighted by atomic mass is 32.1. The molecule has 3 N–H and O–H groups in total. The SMILES string of the molecule is CNC(=O)c1cc2c(-c3sc(C(C)(C)O)cc3OC(F)c3ccc(C)cn3)cn(C)c(=O)c2[nH]1. The zero-order chi connectivity index (χ0) is 24.8. The molecule has 178 valence electrons. The number of ether oxygens (including phenoxy) is 1. The van der Waals surface area contributed by atoms with Gasteiger partial charge in [-0.25, -0.2) is 0 Å². The van der Waals surface area contributed by atoms with E-state index < -0.39 is 12.0 Å². The van der Waals surface area contributed by atoms with Crippen LogP contribution in [-0.4, -0.2) is 32.6 Å². The summed E-state index contributed by atoms with van der Waals surface area (Å²) in [7, 11) is 3.08. The van der Waals surface area contributed by atoms with Crippen molar-refractivity contribution in [2.24, 2.45) is 7.05 Å². The molecule has 0 aromatic carbocycles. The van der Waals surface area contributed by atoms with Gasteiger partial charge in [0.05, 0.1) is 10.5 Å². The predicted molar refractivity (Wildman–Crippen MR) is 129 cm³/mol. The van der Waals surface area contributed by atoms with Crippen LogP contribution in [0.2, 0.25) is 0 Å². The lowest BCUT2D eigenvalue weighted by Crippen LogP contribution is -2.19. The van der Waals surface area contributed by atoms with Crippen LogP contribution in [0.3, 0.4) is 0 Å². The van der Waals surface area contributed by atoms with E-state index in [0.29, 0.717) is 20.7 Å². The first-order chi connectivity index (χ1) is 16.0. The standard InChI is InChI=1S/C24H25FN4O4S/c1-12-6-7-15(27-10-12)21(25)33-17-9-18(24(2,3)32)34-20(17)14-11-29(5)23(31)19-13(14)8-16(28-19)22(30)26-4/h6-11,21,28,32H,1-5H3,(H,26,30). The van der Waals surface area contributed by atoms with E-state index in [1.54, 1.807) is 57.6 Å². The number of pyridine rings is 2. The molecule has 0 saturated heterocycles. The van der Waals surface area contributed by atoms with Crippen LogP contribution in [0, 0.1) is 6.92 Å². The summed E-state index contributed by atoms with van der Waals surface area (Å²) in [5.41, 5.74) is 0.493. The summed E-state index contributed by atoms with van der Waals surface area (Å²) < 4.78 is 22.2. The molecular formula is C24H25FN4O4S. The number of halogens is 1. The fraction of sp³-hybridized carbons (Fsp3) is 0.292. The van der Waals surface area contributed by atoms with Crippen LogP contribution < -0.4 is 15.6 Å². The van der Waals surface area contributed by atoms with Gasteiger partial charge >= 0.3 is 0 Å². The minimum Gasteiger partial charge on any atom is -0.453 e. The normalized spacial score (nSPS) is 12.7. The second kappa shape index (κ2) is 8.69. The molecule has 4 heterocycles. The molecule has 34 heavy (non-hydrogen) atoms. The van der Waals surface area contributed by atoms with Crippen molar-refractivity contribution >= 4 is 28.1 Å². The maximum Gasteiger partial charge on any atom is 0.280 e. The second-order valence-corrected chi connectivity index (χ2v) is 9.62. The van der Waals surface area contributed by atoms with Gasteiger partial charge in [-0.05, 0) is 44.5 Å². The summed E-state index contributed by atoms with van der Waals surface area (Å²) in [6, 6.07) is 6.46. The molecule has 0 aliphatic rings. The largest absolute Gasteiger partial charge is 0.453 e. The van der Waals surface area contributed by atoms with Crippen molar-refractivity contribution in [3.8, 4) is 16.2 Å². The van der Waals surface area contributed by atoms with E-state index >= 15 is 4.39 Å². The van der Waals surface area contributed by atoms with Crippen molar-refractivity contribution in [2.75, 3.05) is 7.05 Å². The molecule has 0 aliphatic heterocycles. The monoisotopic (exact) mass is 484 g/mol. The van der Waals surface area contributed by atoms with Crippen molar-refractivity contribution in [3.63, 3.8) is 0 Å². The number of carbonyl (C=O) groups is 1. The Morgan fingerprint density at radius 2 is 2.09 bits per heavy atom. The number of aromatic nitrogens is 3. The predicted octanol–water partition coefficient (Wildman–Crippen LogP) is 3.93. The first-order valence-corrected chi connectivity index (χ1v) is 11.4. The lowest BCUT2D eigenvalue weighted by molar-refractivity contribution is 0.0621. The average molecular weight is 485 g/mol. The summed E-state index contributed by atoms with van der Waals surface area (Å²) in [6.07, 6.45) is 1.31. The van der Waals surface area contributed by atoms with Crippen LogP contribution in [-0.2, 0) is 12.6 Å². The van der Waals surface area contributed by atoms with E-state index in [1.165, 1.54) is 23.0 Å². The molecular weight excluding hydrogens is 459 g/mol. The quantitative estimate of drug-likeness (QED) is 0.384. The van der Waals surface area contributed by atoms with Crippen LogP contribution in [0.1, 0.15) is 46.8 Å². The maximum atomic E-state index is 15.1. The van der Waals surface area contributed by atoms with Crippen LogP contribution in [0.4, 0.5) is 4.39 Å². The van der Waals surface area contributed by atoms with E-state index in [1.807, 2.05) is 6.92 Å². The molecule has 10 heteroatoms. The van der Waals surface area contributed by atoms with Crippen molar-refractivity contribution in [1.82, 2.24) is 19.9 Å². The highest BCUT2D eigenvalue weighted by Gasteiger charge is 2.27. The Kier molecular flexibility index (Phi) is 6.05. The molecule has 1 unspecified atom stereocenters. The van der Waals surface area contributed by atoms with Gasteiger partial charge in [-0.15, -0.1) is 11.3 Å². The van der Waals surface area contributed by atoms with Crippen molar-refractivity contribution in [1.29, 1.82) is 0 Å². The number of nitrogens with one attached hydrogen (secondary N) is 2. The Labute approximate surface area is 199 Å². The van der Waals surface area contributed by atoms with Gasteiger partial charge in [0.1, 0.15) is 22.7 Å². The third-order valence-electron chi connectivity index (χ3n) is 5.38. The summed E-state index contributed by atoms with van der Waals surface area (Å²) in [5, 5.41) is 13.6. The Hall–Kier alpha value is -3.50. The molecule has 0 bridgehead atoms. The summed E-state index contributed by atoms with van der Waals surface area (Å²) in [6.45, 7) is 5.10. The van der Waals surface area contributed by atoms with Gasteiger partial charge in [0, 0.05) is 42.3 Å². The number of hydrogen-bond acceptors (Lipinski definition) is 6. The molecule has 4 aromatic rings. The van der Waals surface area contributed by atoms with Crippen molar-refractivity contribution in [2.45, 2.75) is 32.7 Å². The Morgan fingerprint density at radius 1 is 1.35 bits per heavy atom. The van der Waals surface area contributed by atoms with E-state index in [2.05, 4.69) is 15.3 Å². The molecule has 0 radical (unpaired) electrons. The Bertz CT molecular complexity index is 1430. The van der Waals surface area contributed by atoms with Gasteiger partial charge in [-0.3, -0.25) is 14.6 Å². The van der Waals surface area contributed by atoms with Gasteiger partial charge in [0.15, 0.2) is 0 Å². The maximum absolute atomic E-state index is 15.1. The number of H-pyrrole nitrogens is 1. The number of fused-ring (bicyclic) bond motifs is 1. The molecule has 1 atom stereocenters. The lowest BCUT2D eigenvalue weighted by atomic mass is 10.1. The van der Waals surface area contributed by atoms with Gasteiger partial charge < -0.3 is 24.7 Å². The molecule has 1 amide bonds. The highest BCUT2D eigenvalue weighted by molar-refractivity contribution is 7.16. The van der Waals surface area contributed by atoms with Crippen LogP contribution in [0.5, 0.6) is 5.75 Å². The smallest absolute Gasteiger partial charge is 0.280 e. The second-order valence-electron chi connectivity index (χ2n) is 8.57. The fourth-order valence-corrected chi connectivity index (χ4v) is 4.62. The van der Waals surface area contributed by atoms with E-state index in [9.17, 15) is 14.7 Å². The number of aliphatic hydroxyl groups is 1. The minimum atomic E-state index is -1.85. The number of aryl methyl sites for hydroxylation is 2. The molecule has 0 aliphatic carbocycles. The van der Waals surface area contributed by atoms with Crippen molar-refractivity contribution in [3.05, 3.63) is 68.8 Å². The highest BCUT2D eigenvalue weighted by Crippen LogP contribution is 2.45. The van der Waals surface area contributed by atoms with Crippen LogP contribution >= 0.6 is 11.3 Å². The molecule has 4 aromatic heterocycles. The van der Waals surface area contributed by atoms with E-state index in [-0.39, 0.29) is 34.1 Å². The topological polar surface area (TPSA) is 109 Å². The number of carbonyl (C=O) groups excluding carboxylic acids is 1. The zero-order valence-corrected chi connectivity index (χ0v) is 20.2. The number of rotatable bonds is 6. The first kappa shape index (κ1) is 23.7. The third kappa shape index (κ3) is 4.34. The lowest BCUT2D eigenvalue weighted by Gasteiger charge is -2.14. The fourth-order valence-electron chi connectivity index (χ4n) is 3.51. The number of amides is 1. The number of hydrogen-bond donors (Lipinski definition) is 3. The zero-order valence-electron chi connectivity index (χ0n) is 19.4. The van der Waals surface area contributed by atoms with Gasteiger partial charge in [-0.1, -0.05) is 6.07 Å². The number of alkyl halides is 1. The Morgan fingerprint density at radius 3 is 2.71 bits per heavy atom. The summed E-state index contributed by atoms with van der Waals surface area (Å²) in [4.78, 5) is 33.0. The minimum absolute atomic E-state index is 0.113. The summed E-state index contributed by atoms with van der Waals surface area (Å²) in [5.74, 6) is -0.182. The molecule has 4 rings (SSSR count). The van der Waals surface area contributed by atoms with Gasteiger partial charge in [-0.2, -0.15) is 4.39 Å². The number of aromatic amines is 1. The van der Waals surface area contributed by atoms with E-state index in [0.717, 1.165) is 5.56 Å². The number of nitrogens with zero attached hydrogens (tertiary/aromatic N) is 2. The van der Waals surface area contributed by atoms with Crippen LogP contribution in [0.15, 0.2) is 41.5 Å². The molecule has 0 fully saturated rings. The van der Waals surface area contributed by atoms with Gasteiger partial charge in [0.2, 0.25) is 0 Å². The molecule has 0 spiro atoms. The van der Waals surface area contributed by atoms with Gasteiger partial charge in [0.25, 0.3) is 17.8 Å². The number of thiophene rings is 1. The average Bonchev–Trinajstić information content (AvgIpc) is 3.41. The molecule has 0 saturated carbocycles. The third-order valence-corrected chi connectivity index (χ3v) is 6.84. The van der Waals surface area contributed by atoms with E-state index in [4.69, 9.17) is 4.74 Å².